The summed E-state index contributed by atoms with van der Waals surface area (Å²) in [7, 11) is -3.88. The van der Waals surface area contributed by atoms with Gasteiger partial charge in [-0.1, -0.05) is 54.1 Å². The molecule has 0 bridgehead atoms. The van der Waals surface area contributed by atoms with Gasteiger partial charge >= 0.3 is 0 Å². The molecule has 0 fully saturated rings. The fraction of sp³-hybridized carbons (Fsp3) is 0.167. The zero-order chi connectivity index (χ0) is 16.2. The molecule has 1 atom stereocenters. The molecule has 4 heteroatoms. The molecule has 0 heterocycles. The smallest absolute Gasteiger partial charge is 0.201 e. The van der Waals surface area contributed by atoms with E-state index in [2.05, 4.69) is 6.58 Å². The van der Waals surface area contributed by atoms with E-state index in [0.717, 1.165) is 5.56 Å². The van der Waals surface area contributed by atoms with Crippen molar-refractivity contribution in [2.45, 2.75) is 23.0 Å². The molecule has 0 amide bonds. The topological polar surface area (TPSA) is 57.9 Å². The van der Waals surface area contributed by atoms with E-state index >= 15 is 0 Å². The summed E-state index contributed by atoms with van der Waals surface area (Å²) in [5.74, 6) is 0. The van der Waals surface area contributed by atoms with Crippen molar-refractivity contribution >= 4 is 9.84 Å². The number of allylic oxidation sites excluding steroid dienone is 1. The van der Waals surface area contributed by atoms with Crippen LogP contribution in [0.5, 0.6) is 0 Å². The SMILES string of the molecule is C=CC[C@@](C#N)(c1ccccc1)S(=O)(=O)c1ccc(C)cc1. The van der Waals surface area contributed by atoms with Crippen LogP contribution in [0.25, 0.3) is 0 Å². The van der Waals surface area contributed by atoms with E-state index in [9.17, 15) is 13.7 Å². The van der Waals surface area contributed by atoms with Crippen molar-refractivity contribution in [2.75, 3.05) is 0 Å². The molecule has 0 aliphatic rings. The van der Waals surface area contributed by atoms with Crippen molar-refractivity contribution in [3.63, 3.8) is 0 Å². The predicted molar refractivity (Wildman–Crippen MR) is 86.9 cm³/mol. The van der Waals surface area contributed by atoms with Crippen molar-refractivity contribution in [1.82, 2.24) is 0 Å². The molecule has 0 unspecified atom stereocenters. The van der Waals surface area contributed by atoms with E-state index in [1.807, 2.05) is 13.0 Å². The third-order valence-corrected chi connectivity index (χ3v) is 5.95. The Labute approximate surface area is 131 Å². The molecular formula is C18H17NO2S. The second-order valence-electron chi connectivity index (χ2n) is 5.11. The fourth-order valence-corrected chi connectivity index (χ4v) is 4.18. The van der Waals surface area contributed by atoms with Gasteiger partial charge in [-0.3, -0.25) is 0 Å². The normalized spacial score (nSPS) is 13.8. The van der Waals surface area contributed by atoms with E-state index in [4.69, 9.17) is 0 Å². The van der Waals surface area contributed by atoms with Gasteiger partial charge < -0.3 is 0 Å². The van der Waals surface area contributed by atoms with Gasteiger partial charge in [-0.15, -0.1) is 6.58 Å². The lowest BCUT2D eigenvalue weighted by atomic mass is 9.96. The summed E-state index contributed by atoms with van der Waals surface area (Å²) in [6.45, 7) is 5.51. The maximum Gasteiger partial charge on any atom is 0.201 e. The van der Waals surface area contributed by atoms with Crippen molar-refractivity contribution < 1.29 is 8.42 Å². The second kappa shape index (κ2) is 6.17. The van der Waals surface area contributed by atoms with Crippen molar-refractivity contribution in [3.8, 4) is 6.07 Å². The number of nitriles is 1. The van der Waals surface area contributed by atoms with Gasteiger partial charge in [0.2, 0.25) is 9.84 Å². The van der Waals surface area contributed by atoms with Crippen LogP contribution in [0.4, 0.5) is 0 Å². The average molecular weight is 311 g/mol. The van der Waals surface area contributed by atoms with Crippen LogP contribution in [-0.2, 0) is 14.6 Å². The van der Waals surface area contributed by atoms with Crippen LogP contribution in [0, 0.1) is 18.3 Å². The van der Waals surface area contributed by atoms with Crippen LogP contribution in [0.15, 0.2) is 72.1 Å². The van der Waals surface area contributed by atoms with Gasteiger partial charge in [0.15, 0.2) is 4.75 Å². The van der Waals surface area contributed by atoms with Gasteiger partial charge in [0.05, 0.1) is 11.0 Å². The summed E-state index contributed by atoms with van der Waals surface area (Å²) >= 11 is 0. The zero-order valence-electron chi connectivity index (χ0n) is 12.4. The third-order valence-electron chi connectivity index (χ3n) is 3.64. The molecule has 0 N–H and O–H groups in total. The number of hydrogen-bond donors (Lipinski definition) is 0. The van der Waals surface area contributed by atoms with Crippen LogP contribution in [-0.4, -0.2) is 8.42 Å². The molecule has 0 aliphatic carbocycles. The first-order chi connectivity index (χ1) is 10.5. The minimum atomic E-state index is -3.88. The number of rotatable bonds is 5. The van der Waals surface area contributed by atoms with Crippen LogP contribution in [0.2, 0.25) is 0 Å². The lowest BCUT2D eigenvalue weighted by Gasteiger charge is -2.26. The lowest BCUT2D eigenvalue weighted by molar-refractivity contribution is 0.562. The van der Waals surface area contributed by atoms with Crippen LogP contribution in [0.3, 0.4) is 0 Å². The van der Waals surface area contributed by atoms with E-state index in [0.29, 0.717) is 5.56 Å². The number of benzene rings is 2. The summed E-state index contributed by atoms with van der Waals surface area (Å²) < 4.78 is 24.6. The van der Waals surface area contributed by atoms with Gasteiger partial charge in [0.25, 0.3) is 0 Å². The first-order valence-electron chi connectivity index (χ1n) is 6.87. The summed E-state index contributed by atoms with van der Waals surface area (Å²) in [6.07, 6.45) is 1.51. The highest BCUT2D eigenvalue weighted by Gasteiger charge is 2.45. The third kappa shape index (κ3) is 2.56. The molecule has 0 saturated carbocycles. The molecule has 112 valence electrons. The van der Waals surface area contributed by atoms with Gasteiger partial charge in [-0.05, 0) is 24.6 Å². The number of sulfone groups is 1. The Kier molecular flexibility index (Phi) is 4.48. The largest absolute Gasteiger partial charge is 0.222 e. The molecule has 0 radical (unpaired) electrons. The zero-order valence-corrected chi connectivity index (χ0v) is 13.2. The van der Waals surface area contributed by atoms with Gasteiger partial charge in [0.1, 0.15) is 0 Å². The standard InChI is InChI=1S/C18H17NO2S/c1-3-13-18(14-19,16-7-5-4-6-8-16)22(20,21)17-11-9-15(2)10-12-17/h3-12H,1,13H2,2H3/t18-/m1/s1. The molecule has 0 aliphatic heterocycles. The first kappa shape index (κ1) is 16.0. The Hall–Kier alpha value is -2.38. The lowest BCUT2D eigenvalue weighted by Crippen LogP contribution is -2.34. The Morgan fingerprint density at radius 2 is 1.73 bits per heavy atom. The molecule has 2 aromatic rings. The highest BCUT2D eigenvalue weighted by Crippen LogP contribution is 2.38. The Morgan fingerprint density at radius 3 is 2.23 bits per heavy atom. The Bertz CT molecular complexity index is 802. The van der Waals surface area contributed by atoms with E-state index in [1.165, 1.54) is 6.08 Å². The van der Waals surface area contributed by atoms with Gasteiger partial charge in [0, 0.05) is 6.42 Å². The molecule has 22 heavy (non-hydrogen) atoms. The first-order valence-corrected chi connectivity index (χ1v) is 8.35. The molecular weight excluding hydrogens is 294 g/mol. The molecule has 0 spiro atoms. The summed E-state index contributed by atoms with van der Waals surface area (Å²) in [5.41, 5.74) is 1.42. The maximum atomic E-state index is 13.1. The Balaban J connectivity index is 2.71. The van der Waals surface area contributed by atoms with E-state index < -0.39 is 14.6 Å². The monoisotopic (exact) mass is 311 g/mol. The minimum absolute atomic E-state index is 0.0315. The van der Waals surface area contributed by atoms with Crippen molar-refractivity contribution in [3.05, 3.63) is 78.4 Å². The maximum absolute atomic E-state index is 13.1. The van der Waals surface area contributed by atoms with Gasteiger partial charge in [-0.2, -0.15) is 5.26 Å². The highest BCUT2D eigenvalue weighted by atomic mass is 32.2. The van der Waals surface area contributed by atoms with Crippen molar-refractivity contribution in [2.24, 2.45) is 0 Å². The van der Waals surface area contributed by atoms with Crippen LogP contribution < -0.4 is 0 Å². The number of nitrogens with zero attached hydrogens (tertiary/aromatic N) is 1. The molecule has 2 aromatic carbocycles. The van der Waals surface area contributed by atoms with Crippen LogP contribution in [0.1, 0.15) is 17.5 Å². The summed E-state index contributed by atoms with van der Waals surface area (Å²) in [6, 6.07) is 17.2. The predicted octanol–water partition coefficient (Wildman–Crippen LogP) is 3.76. The highest BCUT2D eigenvalue weighted by molar-refractivity contribution is 7.92. The molecule has 0 aromatic heterocycles. The van der Waals surface area contributed by atoms with E-state index in [1.54, 1.807) is 54.6 Å². The number of hydrogen-bond acceptors (Lipinski definition) is 3. The average Bonchev–Trinajstić information content (AvgIpc) is 2.53. The summed E-state index contributed by atoms with van der Waals surface area (Å²) in [4.78, 5) is 0.144. The quantitative estimate of drug-likeness (QED) is 0.790. The Morgan fingerprint density at radius 1 is 1.14 bits per heavy atom. The molecule has 2 rings (SSSR count). The molecule has 0 saturated heterocycles. The van der Waals surface area contributed by atoms with E-state index in [-0.39, 0.29) is 11.3 Å². The van der Waals surface area contributed by atoms with Gasteiger partial charge in [-0.25, -0.2) is 8.42 Å². The second-order valence-corrected chi connectivity index (χ2v) is 7.29. The summed E-state index contributed by atoms with van der Waals surface area (Å²) in [5, 5.41) is 9.74. The minimum Gasteiger partial charge on any atom is -0.222 e. The van der Waals surface area contributed by atoms with Crippen molar-refractivity contribution in [1.29, 1.82) is 5.26 Å². The number of aryl methyl sites for hydroxylation is 1. The molecule has 3 nitrogen and oxygen atoms in total. The fourth-order valence-electron chi connectivity index (χ4n) is 2.38. The van der Waals surface area contributed by atoms with Crippen LogP contribution >= 0.6 is 0 Å².